The van der Waals surface area contributed by atoms with Crippen molar-refractivity contribution in [1.82, 2.24) is 19.6 Å². The highest BCUT2D eigenvalue weighted by Gasteiger charge is 2.34. The molecule has 0 atom stereocenters. The van der Waals surface area contributed by atoms with Crippen LogP contribution in [0.5, 0.6) is 0 Å². The third kappa shape index (κ3) is 4.29. The van der Waals surface area contributed by atoms with Gasteiger partial charge in [0.1, 0.15) is 5.82 Å². The zero-order chi connectivity index (χ0) is 23.7. The van der Waals surface area contributed by atoms with Gasteiger partial charge in [-0.1, -0.05) is 18.2 Å². The van der Waals surface area contributed by atoms with E-state index < -0.39 is 17.6 Å². The summed E-state index contributed by atoms with van der Waals surface area (Å²) >= 11 is 0. The van der Waals surface area contributed by atoms with Gasteiger partial charge in [0.15, 0.2) is 5.65 Å². The van der Waals surface area contributed by atoms with Crippen LogP contribution in [0.2, 0.25) is 0 Å². The summed E-state index contributed by atoms with van der Waals surface area (Å²) in [5, 5.41) is 6.93. The normalized spacial score (nSPS) is 14.4. The number of aromatic nitrogens is 4. The van der Waals surface area contributed by atoms with E-state index in [1.807, 2.05) is 0 Å². The minimum absolute atomic E-state index is 0.0687. The number of hydrogen-bond donors (Lipinski definition) is 1. The fraction of sp³-hybridized carbons (Fsp3) is 0.217. The summed E-state index contributed by atoms with van der Waals surface area (Å²) in [5.74, 6) is 0.251. The van der Waals surface area contributed by atoms with Gasteiger partial charge in [0.2, 0.25) is 0 Å². The number of amides is 1. The van der Waals surface area contributed by atoms with Crippen molar-refractivity contribution in [3.63, 3.8) is 0 Å². The third-order valence-electron chi connectivity index (χ3n) is 5.45. The fourth-order valence-corrected chi connectivity index (χ4v) is 3.82. The van der Waals surface area contributed by atoms with Gasteiger partial charge in [-0.05, 0) is 18.2 Å². The summed E-state index contributed by atoms with van der Waals surface area (Å²) in [6, 6.07) is 10.1. The molecule has 0 spiro atoms. The SMILES string of the molecule is O=C(Nc1ccnc(N2CCOCC2)c1)c1ccnn2cc(-c3ccccc3C(F)(F)F)nc12. The van der Waals surface area contributed by atoms with Crippen molar-refractivity contribution in [1.29, 1.82) is 0 Å². The Balaban J connectivity index is 1.45. The van der Waals surface area contributed by atoms with E-state index in [-0.39, 0.29) is 22.5 Å². The van der Waals surface area contributed by atoms with Crippen LogP contribution in [0.1, 0.15) is 15.9 Å². The van der Waals surface area contributed by atoms with Crippen LogP contribution < -0.4 is 10.2 Å². The second-order valence-electron chi connectivity index (χ2n) is 7.64. The molecule has 34 heavy (non-hydrogen) atoms. The Morgan fingerprint density at radius 1 is 1.06 bits per heavy atom. The number of alkyl halides is 3. The molecule has 1 saturated heterocycles. The molecule has 5 rings (SSSR count). The lowest BCUT2D eigenvalue weighted by Gasteiger charge is -2.28. The van der Waals surface area contributed by atoms with Crippen molar-refractivity contribution in [2.75, 3.05) is 36.5 Å². The number of ether oxygens (including phenoxy) is 1. The van der Waals surface area contributed by atoms with Crippen molar-refractivity contribution in [2.24, 2.45) is 0 Å². The maximum absolute atomic E-state index is 13.5. The Morgan fingerprint density at radius 3 is 2.65 bits per heavy atom. The minimum atomic E-state index is -4.54. The lowest BCUT2D eigenvalue weighted by Crippen LogP contribution is -2.36. The molecule has 1 aromatic carbocycles. The van der Waals surface area contributed by atoms with E-state index in [0.29, 0.717) is 37.8 Å². The number of fused-ring (bicyclic) bond motifs is 1. The first-order valence-corrected chi connectivity index (χ1v) is 10.5. The second-order valence-corrected chi connectivity index (χ2v) is 7.64. The van der Waals surface area contributed by atoms with Gasteiger partial charge >= 0.3 is 6.18 Å². The number of anilines is 2. The zero-order valence-corrected chi connectivity index (χ0v) is 17.8. The Kier molecular flexibility index (Phi) is 5.62. The topological polar surface area (TPSA) is 84.7 Å². The first kappa shape index (κ1) is 21.8. The summed E-state index contributed by atoms with van der Waals surface area (Å²) in [6.45, 7) is 2.61. The molecule has 0 radical (unpaired) electrons. The van der Waals surface area contributed by atoms with Crippen molar-refractivity contribution < 1.29 is 22.7 Å². The Hall–Kier alpha value is -3.99. The minimum Gasteiger partial charge on any atom is -0.378 e. The molecule has 1 aliphatic heterocycles. The molecule has 8 nitrogen and oxygen atoms in total. The van der Waals surface area contributed by atoms with Crippen molar-refractivity contribution >= 4 is 23.1 Å². The maximum atomic E-state index is 13.5. The molecule has 0 bridgehead atoms. The van der Waals surface area contributed by atoms with Crippen LogP contribution in [-0.2, 0) is 10.9 Å². The Bertz CT molecular complexity index is 1350. The van der Waals surface area contributed by atoms with E-state index in [4.69, 9.17) is 4.74 Å². The van der Waals surface area contributed by atoms with Crippen LogP contribution in [0.15, 0.2) is 61.1 Å². The number of halogens is 3. The van der Waals surface area contributed by atoms with E-state index >= 15 is 0 Å². The van der Waals surface area contributed by atoms with Crippen LogP contribution in [0.25, 0.3) is 16.9 Å². The summed E-state index contributed by atoms with van der Waals surface area (Å²) in [5.41, 5.74) is 0.0303. The van der Waals surface area contributed by atoms with Crippen LogP contribution in [0, 0.1) is 0 Å². The quantitative estimate of drug-likeness (QED) is 0.489. The number of morpholine rings is 1. The van der Waals surface area contributed by atoms with Crippen LogP contribution in [0.4, 0.5) is 24.7 Å². The lowest BCUT2D eigenvalue weighted by molar-refractivity contribution is -0.137. The number of pyridine rings is 1. The van der Waals surface area contributed by atoms with Gasteiger partial charge in [-0.3, -0.25) is 4.79 Å². The van der Waals surface area contributed by atoms with Gasteiger partial charge in [-0.25, -0.2) is 14.5 Å². The molecule has 3 aromatic heterocycles. The first-order chi connectivity index (χ1) is 16.4. The molecule has 174 valence electrons. The molecule has 0 saturated carbocycles. The van der Waals surface area contributed by atoms with Crippen molar-refractivity contribution in [2.45, 2.75) is 6.18 Å². The first-order valence-electron chi connectivity index (χ1n) is 10.5. The van der Waals surface area contributed by atoms with E-state index in [1.165, 1.54) is 41.2 Å². The number of nitrogens with zero attached hydrogens (tertiary/aromatic N) is 5. The van der Waals surface area contributed by atoms with Gasteiger partial charge in [-0.15, -0.1) is 0 Å². The molecule has 1 amide bonds. The summed E-state index contributed by atoms with van der Waals surface area (Å²) in [7, 11) is 0. The number of imidazole rings is 1. The second kappa shape index (κ2) is 8.75. The standard InChI is InChI=1S/C23H19F3N6O2/c24-23(25,26)18-4-2-1-3-16(18)19-14-32-21(30-19)17(6-8-28-32)22(33)29-15-5-7-27-20(13-15)31-9-11-34-12-10-31/h1-8,13-14H,9-12H2,(H,27,29,33). The smallest absolute Gasteiger partial charge is 0.378 e. The Morgan fingerprint density at radius 2 is 1.85 bits per heavy atom. The molecule has 0 unspecified atom stereocenters. The third-order valence-corrected chi connectivity index (χ3v) is 5.45. The molecular weight excluding hydrogens is 449 g/mol. The molecule has 1 fully saturated rings. The fourth-order valence-electron chi connectivity index (χ4n) is 3.82. The average Bonchev–Trinajstić information content (AvgIpc) is 3.29. The largest absolute Gasteiger partial charge is 0.417 e. The van der Waals surface area contributed by atoms with Gasteiger partial charge < -0.3 is 15.0 Å². The summed E-state index contributed by atoms with van der Waals surface area (Å²) in [4.78, 5) is 23.8. The van der Waals surface area contributed by atoms with Crippen molar-refractivity contribution in [3.8, 4) is 11.3 Å². The van der Waals surface area contributed by atoms with E-state index in [2.05, 4.69) is 25.3 Å². The highest BCUT2D eigenvalue weighted by atomic mass is 19.4. The van der Waals surface area contributed by atoms with Gasteiger partial charge in [-0.2, -0.15) is 18.3 Å². The number of benzene rings is 1. The van der Waals surface area contributed by atoms with Gasteiger partial charge in [0.25, 0.3) is 5.91 Å². The van der Waals surface area contributed by atoms with Crippen LogP contribution in [-0.4, -0.2) is 51.8 Å². The Labute approximate surface area is 192 Å². The van der Waals surface area contributed by atoms with Crippen LogP contribution in [0.3, 0.4) is 0 Å². The van der Waals surface area contributed by atoms with E-state index in [9.17, 15) is 18.0 Å². The predicted molar refractivity (Wildman–Crippen MR) is 119 cm³/mol. The average molecular weight is 468 g/mol. The number of carbonyl (C=O) groups excluding carboxylic acids is 1. The molecule has 1 N–H and O–H groups in total. The van der Waals surface area contributed by atoms with E-state index in [1.54, 1.807) is 18.3 Å². The van der Waals surface area contributed by atoms with Gasteiger partial charge in [0.05, 0.1) is 36.2 Å². The summed E-state index contributed by atoms with van der Waals surface area (Å²) in [6.07, 6.45) is -0.168. The molecule has 11 heteroatoms. The molecule has 0 aliphatic carbocycles. The molecule has 1 aliphatic rings. The number of rotatable bonds is 4. The summed E-state index contributed by atoms with van der Waals surface area (Å²) < 4.78 is 47.1. The molecule has 4 aromatic rings. The number of hydrogen-bond acceptors (Lipinski definition) is 6. The number of carbonyl (C=O) groups is 1. The highest BCUT2D eigenvalue weighted by Crippen LogP contribution is 2.36. The lowest BCUT2D eigenvalue weighted by atomic mass is 10.1. The predicted octanol–water partition coefficient (Wildman–Crippen LogP) is 3.90. The van der Waals surface area contributed by atoms with E-state index in [0.717, 1.165) is 6.07 Å². The zero-order valence-electron chi connectivity index (χ0n) is 17.8. The maximum Gasteiger partial charge on any atom is 0.417 e. The molecule has 4 heterocycles. The van der Waals surface area contributed by atoms with Gasteiger partial charge in [0, 0.05) is 42.8 Å². The highest BCUT2D eigenvalue weighted by molar-refractivity contribution is 6.08. The number of nitrogens with one attached hydrogen (secondary N) is 1. The molecular formula is C23H19F3N6O2. The van der Waals surface area contributed by atoms with Crippen molar-refractivity contribution in [3.05, 3.63) is 72.2 Å². The van der Waals surface area contributed by atoms with Crippen LogP contribution >= 0.6 is 0 Å². The monoisotopic (exact) mass is 468 g/mol.